The van der Waals surface area contributed by atoms with Crippen molar-refractivity contribution in [3.05, 3.63) is 29.8 Å². The van der Waals surface area contributed by atoms with E-state index >= 15 is 0 Å². The third-order valence-electron chi connectivity index (χ3n) is 3.77. The first-order chi connectivity index (χ1) is 9.29. The molecule has 0 aliphatic carbocycles. The van der Waals surface area contributed by atoms with Crippen LogP contribution in [-0.4, -0.2) is 36.8 Å². The van der Waals surface area contributed by atoms with Gasteiger partial charge in [0.15, 0.2) is 0 Å². The van der Waals surface area contributed by atoms with Gasteiger partial charge in [0.2, 0.25) is 0 Å². The molecule has 1 aliphatic rings. The van der Waals surface area contributed by atoms with Crippen LogP contribution in [0.15, 0.2) is 29.2 Å². The summed E-state index contributed by atoms with van der Waals surface area (Å²) >= 11 is 1.98. The van der Waals surface area contributed by atoms with Crippen molar-refractivity contribution in [3.63, 3.8) is 0 Å². The number of likely N-dealkylation sites (tertiary alicyclic amines) is 1. The van der Waals surface area contributed by atoms with Crippen LogP contribution in [0.25, 0.3) is 0 Å². The number of rotatable bonds is 7. The molecule has 2 rings (SSSR count). The minimum absolute atomic E-state index is 0.452. The molecule has 2 nitrogen and oxygen atoms in total. The van der Waals surface area contributed by atoms with Crippen LogP contribution in [0.4, 0.5) is 0 Å². The lowest BCUT2D eigenvalue weighted by Crippen LogP contribution is -2.21. The van der Waals surface area contributed by atoms with Crippen LogP contribution in [-0.2, 0) is 0 Å². The van der Waals surface area contributed by atoms with Crippen molar-refractivity contribution in [2.24, 2.45) is 0 Å². The molecule has 1 unspecified atom stereocenters. The summed E-state index contributed by atoms with van der Waals surface area (Å²) in [6, 6.07) is 9.49. The van der Waals surface area contributed by atoms with Gasteiger partial charge in [-0.05, 0) is 57.1 Å². The van der Waals surface area contributed by atoms with Crippen LogP contribution in [0.3, 0.4) is 0 Å². The van der Waals surface area contributed by atoms with Gasteiger partial charge >= 0.3 is 0 Å². The number of hydrogen-bond donors (Lipinski definition) is 1. The number of nitrogens with zero attached hydrogens (tertiary/aromatic N) is 1. The summed E-state index contributed by atoms with van der Waals surface area (Å²) in [5.74, 6) is 1.21. The molecule has 1 aliphatic heterocycles. The summed E-state index contributed by atoms with van der Waals surface area (Å²) in [6.45, 7) is 9.24. The van der Waals surface area contributed by atoms with Crippen molar-refractivity contribution in [1.29, 1.82) is 0 Å². The standard InChI is InChI=1S/C16H26N2S/c1-3-17-14(2)15-6-8-16(9-7-15)19-13-12-18-10-4-5-11-18/h6-9,14,17H,3-5,10-13H2,1-2H3. The molecule has 1 aromatic carbocycles. The number of hydrogen-bond acceptors (Lipinski definition) is 3. The van der Waals surface area contributed by atoms with Gasteiger partial charge in [0, 0.05) is 23.2 Å². The van der Waals surface area contributed by atoms with Crippen molar-refractivity contribution in [2.75, 3.05) is 31.9 Å². The van der Waals surface area contributed by atoms with E-state index in [4.69, 9.17) is 0 Å². The fourth-order valence-electron chi connectivity index (χ4n) is 2.58. The molecular formula is C16H26N2S. The second kappa shape index (κ2) is 7.93. The van der Waals surface area contributed by atoms with E-state index in [2.05, 4.69) is 48.3 Å². The van der Waals surface area contributed by atoms with Crippen molar-refractivity contribution in [2.45, 2.75) is 37.6 Å². The molecule has 106 valence electrons. The van der Waals surface area contributed by atoms with E-state index in [1.54, 1.807) is 0 Å². The van der Waals surface area contributed by atoms with E-state index in [1.165, 1.54) is 48.7 Å². The first-order valence-electron chi connectivity index (χ1n) is 7.48. The minimum Gasteiger partial charge on any atom is -0.310 e. The predicted molar refractivity (Wildman–Crippen MR) is 84.9 cm³/mol. The van der Waals surface area contributed by atoms with Gasteiger partial charge in [-0.1, -0.05) is 19.1 Å². The van der Waals surface area contributed by atoms with Gasteiger partial charge in [0.1, 0.15) is 0 Å². The normalized spacial score (nSPS) is 17.8. The predicted octanol–water partition coefficient (Wildman–Crippen LogP) is 3.55. The van der Waals surface area contributed by atoms with Gasteiger partial charge in [0.05, 0.1) is 0 Å². The van der Waals surface area contributed by atoms with E-state index in [9.17, 15) is 0 Å². The zero-order valence-corrected chi connectivity index (χ0v) is 13.0. The van der Waals surface area contributed by atoms with Gasteiger partial charge in [-0.15, -0.1) is 11.8 Å². The van der Waals surface area contributed by atoms with Gasteiger partial charge in [0.25, 0.3) is 0 Å². The highest BCUT2D eigenvalue weighted by molar-refractivity contribution is 7.99. The molecular weight excluding hydrogens is 252 g/mol. The Balaban J connectivity index is 1.74. The highest BCUT2D eigenvalue weighted by Crippen LogP contribution is 2.21. The van der Waals surface area contributed by atoms with Crippen molar-refractivity contribution in [3.8, 4) is 0 Å². The number of thioether (sulfide) groups is 1. The van der Waals surface area contributed by atoms with E-state index in [0.29, 0.717) is 6.04 Å². The molecule has 1 fully saturated rings. The Bertz CT molecular complexity index is 358. The quantitative estimate of drug-likeness (QED) is 0.768. The maximum Gasteiger partial charge on any atom is 0.0291 e. The molecule has 1 heterocycles. The highest BCUT2D eigenvalue weighted by Gasteiger charge is 2.10. The topological polar surface area (TPSA) is 15.3 Å². The lowest BCUT2D eigenvalue weighted by molar-refractivity contribution is 0.362. The Morgan fingerprint density at radius 2 is 1.89 bits per heavy atom. The molecule has 0 bridgehead atoms. The summed E-state index contributed by atoms with van der Waals surface area (Å²) in [5, 5.41) is 3.45. The summed E-state index contributed by atoms with van der Waals surface area (Å²) < 4.78 is 0. The SMILES string of the molecule is CCNC(C)c1ccc(SCCN2CCCC2)cc1. The Labute approximate surface area is 122 Å². The molecule has 3 heteroatoms. The second-order valence-electron chi connectivity index (χ2n) is 5.25. The van der Waals surface area contributed by atoms with Gasteiger partial charge in [-0.25, -0.2) is 0 Å². The van der Waals surface area contributed by atoms with Crippen molar-refractivity contribution in [1.82, 2.24) is 10.2 Å². The Hall–Kier alpha value is -0.510. The molecule has 0 spiro atoms. The lowest BCUT2D eigenvalue weighted by atomic mass is 10.1. The fourth-order valence-corrected chi connectivity index (χ4v) is 3.49. The first kappa shape index (κ1) is 14.9. The second-order valence-corrected chi connectivity index (χ2v) is 6.41. The Morgan fingerprint density at radius 1 is 1.21 bits per heavy atom. The summed E-state index contributed by atoms with van der Waals surface area (Å²) in [6.07, 6.45) is 2.78. The van der Waals surface area contributed by atoms with E-state index in [0.717, 1.165) is 6.54 Å². The molecule has 0 aromatic heterocycles. The van der Waals surface area contributed by atoms with Crippen molar-refractivity contribution >= 4 is 11.8 Å². The highest BCUT2D eigenvalue weighted by atomic mass is 32.2. The Kier molecular flexibility index (Phi) is 6.21. The largest absolute Gasteiger partial charge is 0.310 e. The van der Waals surface area contributed by atoms with E-state index in [1.807, 2.05) is 11.8 Å². The van der Waals surface area contributed by atoms with Crippen molar-refractivity contribution < 1.29 is 0 Å². The van der Waals surface area contributed by atoms with Crippen LogP contribution in [0, 0.1) is 0 Å². The smallest absolute Gasteiger partial charge is 0.0291 e. The number of nitrogens with one attached hydrogen (secondary N) is 1. The molecule has 19 heavy (non-hydrogen) atoms. The van der Waals surface area contributed by atoms with E-state index in [-0.39, 0.29) is 0 Å². The molecule has 0 amide bonds. The monoisotopic (exact) mass is 278 g/mol. The van der Waals surface area contributed by atoms with Gasteiger partial charge in [-0.2, -0.15) is 0 Å². The minimum atomic E-state index is 0.452. The van der Waals surface area contributed by atoms with Gasteiger partial charge in [-0.3, -0.25) is 0 Å². The molecule has 0 radical (unpaired) electrons. The van der Waals surface area contributed by atoms with Crippen LogP contribution in [0.5, 0.6) is 0 Å². The first-order valence-corrected chi connectivity index (χ1v) is 8.46. The maximum absolute atomic E-state index is 3.45. The Morgan fingerprint density at radius 3 is 2.53 bits per heavy atom. The third kappa shape index (κ3) is 4.83. The fraction of sp³-hybridized carbons (Fsp3) is 0.625. The zero-order chi connectivity index (χ0) is 13.5. The number of benzene rings is 1. The third-order valence-corrected chi connectivity index (χ3v) is 4.76. The zero-order valence-electron chi connectivity index (χ0n) is 12.2. The molecule has 1 N–H and O–H groups in total. The average Bonchev–Trinajstić information content (AvgIpc) is 2.93. The molecule has 1 aromatic rings. The van der Waals surface area contributed by atoms with Crippen LogP contribution in [0.2, 0.25) is 0 Å². The molecule has 0 saturated carbocycles. The van der Waals surface area contributed by atoms with Gasteiger partial charge < -0.3 is 10.2 Å². The molecule has 1 atom stereocenters. The lowest BCUT2D eigenvalue weighted by Gasteiger charge is -2.15. The average molecular weight is 278 g/mol. The van der Waals surface area contributed by atoms with Crippen LogP contribution in [0.1, 0.15) is 38.3 Å². The molecule has 1 saturated heterocycles. The summed E-state index contributed by atoms with van der Waals surface area (Å²) in [7, 11) is 0. The summed E-state index contributed by atoms with van der Waals surface area (Å²) in [4.78, 5) is 3.97. The van der Waals surface area contributed by atoms with E-state index < -0.39 is 0 Å². The maximum atomic E-state index is 3.45. The van der Waals surface area contributed by atoms with Crippen LogP contribution < -0.4 is 5.32 Å². The van der Waals surface area contributed by atoms with Crippen LogP contribution >= 0.6 is 11.8 Å². The summed E-state index contributed by atoms with van der Waals surface area (Å²) in [5.41, 5.74) is 1.38.